The van der Waals surface area contributed by atoms with Crippen molar-refractivity contribution in [3.8, 4) is 0 Å². The normalized spacial score (nSPS) is 4.25. The van der Waals surface area contributed by atoms with E-state index in [0.717, 1.165) is 0 Å². The molecule has 0 unspecified atom stereocenters. The predicted molar refractivity (Wildman–Crippen MR) is 26.1 cm³/mol. The van der Waals surface area contributed by atoms with Gasteiger partial charge in [-0.25, -0.2) is 0 Å². The van der Waals surface area contributed by atoms with Crippen molar-refractivity contribution in [2.75, 3.05) is 0 Å². The Hall–Kier alpha value is 0.350. The van der Waals surface area contributed by atoms with Crippen LogP contribution in [0.25, 0.3) is 0 Å². The highest BCUT2D eigenvalue weighted by atomic mass is 79.9. The second-order valence-corrected chi connectivity index (χ2v) is 0.921. The summed E-state index contributed by atoms with van der Waals surface area (Å²) in [5.74, 6) is 0. The van der Waals surface area contributed by atoms with Gasteiger partial charge in [0.1, 0.15) is 0 Å². The fourth-order valence-corrected chi connectivity index (χ4v) is 0. The van der Waals surface area contributed by atoms with Crippen LogP contribution in [0, 0.1) is 0 Å². The van der Waals surface area contributed by atoms with Gasteiger partial charge in [0.15, 0.2) is 0 Å². The third-order valence-electron chi connectivity index (χ3n) is 0.0445. The third-order valence-corrected chi connectivity index (χ3v) is 0.694. The number of rotatable bonds is 0. The summed E-state index contributed by atoms with van der Waals surface area (Å²) in [6, 6.07) is 0. The van der Waals surface area contributed by atoms with Crippen LogP contribution in [-0.4, -0.2) is 5.02 Å². The molecule has 0 saturated carbocycles. The zero-order valence-electron chi connectivity index (χ0n) is 1.86. The first-order valence-corrected chi connectivity index (χ1v) is 2.03. The van der Waals surface area contributed by atoms with E-state index in [1.165, 1.54) is 4.99 Å². The van der Waals surface area contributed by atoms with E-state index in [4.69, 9.17) is 0 Å². The zero-order valence-corrected chi connectivity index (χ0v) is 4.27. The summed E-state index contributed by atoms with van der Waals surface area (Å²) in [6.07, 6.45) is 0. The summed E-state index contributed by atoms with van der Waals surface area (Å²) in [5.41, 5.74) is 0. The topological polar surface area (TPSA) is 0 Å². The molecule has 0 rings (SSSR count). The lowest BCUT2D eigenvalue weighted by atomic mass is 11.3. The van der Waals surface area contributed by atoms with E-state index in [-0.39, 0.29) is 0 Å². The van der Waals surface area contributed by atoms with Crippen molar-refractivity contribution in [1.82, 2.24) is 0 Å². The molecular weight excluding hydrogens is 136 g/mol. The summed E-state index contributed by atoms with van der Waals surface area (Å²) < 4.78 is 0. The molecule has 0 amide bonds. The second kappa shape index (κ2) is 3.35. The highest BCUT2D eigenvalue weighted by Crippen LogP contribution is 1.69. The highest BCUT2D eigenvalue weighted by molar-refractivity contribution is 9.11. The van der Waals surface area contributed by atoms with Gasteiger partial charge in [-0.3, -0.25) is 0 Å². The van der Waals surface area contributed by atoms with Gasteiger partial charge in [-0.2, -0.15) is 0 Å². The van der Waals surface area contributed by atoms with Gasteiger partial charge >= 0.3 is 0 Å². The van der Waals surface area contributed by atoms with Crippen molar-refractivity contribution in [2.24, 2.45) is 0 Å². The maximum absolute atomic E-state index is 4.20. The van der Waals surface area contributed by atoms with Gasteiger partial charge in [-0.1, -0.05) is 0 Å². The summed E-state index contributed by atoms with van der Waals surface area (Å²) in [5, 5.41) is 2.31. The molecule has 0 aliphatic heterocycles. The molecule has 0 radical (unpaired) electrons. The molecule has 0 N–H and O–H groups in total. The van der Waals surface area contributed by atoms with Crippen LogP contribution in [0.4, 0.5) is 0 Å². The fourth-order valence-electron chi connectivity index (χ4n) is 0. The SMILES string of the molecule is S=C=CBr. The van der Waals surface area contributed by atoms with E-state index in [0.29, 0.717) is 0 Å². The first kappa shape index (κ1) is 4.35. The Morgan fingerprint density at radius 3 is 2.25 bits per heavy atom. The van der Waals surface area contributed by atoms with E-state index in [2.05, 4.69) is 33.2 Å². The molecule has 0 nitrogen and oxygen atoms in total. The fraction of sp³-hybridized carbons (Fsp3) is 0. The van der Waals surface area contributed by atoms with E-state index in [9.17, 15) is 0 Å². The monoisotopic (exact) mass is 136 g/mol. The first-order valence-electron chi connectivity index (χ1n) is 0.711. The Balaban J connectivity index is 3.11. The van der Waals surface area contributed by atoms with Crippen molar-refractivity contribution in [3.05, 3.63) is 4.99 Å². The molecule has 0 heterocycles. The average molecular weight is 137 g/mol. The number of thiocarbonyl (C=S) groups is 1. The minimum Gasteiger partial charge on any atom is -0.0494 e. The van der Waals surface area contributed by atoms with Gasteiger partial charge in [0.05, 0.1) is 0 Å². The number of hydrogen-bond donors (Lipinski definition) is 0. The van der Waals surface area contributed by atoms with Crippen LogP contribution in [0.1, 0.15) is 0 Å². The van der Waals surface area contributed by atoms with Gasteiger partial charge in [-0.05, 0) is 33.2 Å². The molecule has 22 valence electrons. The largest absolute Gasteiger partial charge is 0.0494 e. The lowest BCUT2D eigenvalue weighted by molar-refractivity contribution is 3.07. The van der Waals surface area contributed by atoms with E-state index in [1.807, 2.05) is 0 Å². The smallest absolute Gasteiger partial charge is 0.0347 e. The van der Waals surface area contributed by atoms with E-state index in [1.54, 1.807) is 0 Å². The van der Waals surface area contributed by atoms with Gasteiger partial charge in [0, 0.05) is 4.99 Å². The van der Waals surface area contributed by atoms with Crippen LogP contribution in [0.15, 0.2) is 4.99 Å². The van der Waals surface area contributed by atoms with Crippen LogP contribution < -0.4 is 0 Å². The van der Waals surface area contributed by atoms with Crippen LogP contribution >= 0.6 is 28.1 Å². The Bertz CT molecular complexity index is 44.0. The highest BCUT2D eigenvalue weighted by Gasteiger charge is 1.30. The van der Waals surface area contributed by atoms with Gasteiger partial charge < -0.3 is 0 Å². The molecule has 0 aromatic carbocycles. The van der Waals surface area contributed by atoms with Crippen LogP contribution in [0.2, 0.25) is 0 Å². The molecule has 0 fully saturated rings. The van der Waals surface area contributed by atoms with Crippen molar-refractivity contribution in [1.29, 1.82) is 0 Å². The third kappa shape index (κ3) is 2.35. The molecule has 2 heteroatoms. The minimum atomic E-state index is 1.50. The molecule has 0 saturated heterocycles. The summed E-state index contributed by atoms with van der Waals surface area (Å²) in [4.78, 5) is 1.50. The van der Waals surface area contributed by atoms with Gasteiger partial charge in [-0.15, -0.1) is 0 Å². The Morgan fingerprint density at radius 2 is 2.25 bits per heavy atom. The molecule has 0 spiro atoms. The van der Waals surface area contributed by atoms with Crippen molar-refractivity contribution in [3.63, 3.8) is 0 Å². The summed E-state index contributed by atoms with van der Waals surface area (Å²) in [7, 11) is 0. The lowest BCUT2D eigenvalue weighted by Crippen LogP contribution is -1.16. The summed E-state index contributed by atoms with van der Waals surface area (Å²) in [6.45, 7) is 0. The van der Waals surface area contributed by atoms with Crippen molar-refractivity contribution < 1.29 is 0 Å². The van der Waals surface area contributed by atoms with Crippen LogP contribution in [0.5, 0.6) is 0 Å². The second-order valence-electron chi connectivity index (χ2n) is 0.227. The molecule has 0 aromatic rings. The quantitative estimate of drug-likeness (QED) is 0.456. The lowest BCUT2D eigenvalue weighted by Gasteiger charge is -1.32. The Kier molecular flexibility index (Phi) is 3.64. The predicted octanol–water partition coefficient (Wildman–Crippen LogP) is 1.49. The maximum Gasteiger partial charge on any atom is 0.0347 e. The van der Waals surface area contributed by atoms with E-state index < -0.39 is 0 Å². The molecular formula is C2HBrS. The van der Waals surface area contributed by atoms with Gasteiger partial charge in [0.25, 0.3) is 0 Å². The van der Waals surface area contributed by atoms with E-state index >= 15 is 0 Å². The van der Waals surface area contributed by atoms with Crippen LogP contribution in [-0.2, 0) is 0 Å². The molecule has 4 heavy (non-hydrogen) atoms. The number of hydrogen-bond acceptors (Lipinski definition) is 1. The standard InChI is InChI=1S/C2HBrS/c3-1-2-4/h1H. The Labute approximate surface area is 38.6 Å². The van der Waals surface area contributed by atoms with Gasteiger partial charge in [0.2, 0.25) is 0 Å². The first-order chi connectivity index (χ1) is 1.91. The average Bonchev–Trinajstić information content (AvgIpc) is 1.37. The van der Waals surface area contributed by atoms with Crippen molar-refractivity contribution >= 4 is 33.2 Å². The maximum atomic E-state index is 4.20. The molecule has 0 bridgehead atoms. The molecule has 0 aliphatic rings. The molecule has 0 aliphatic carbocycles. The summed E-state index contributed by atoms with van der Waals surface area (Å²) >= 11 is 7.11. The van der Waals surface area contributed by atoms with Crippen molar-refractivity contribution in [2.45, 2.75) is 0 Å². The minimum absolute atomic E-state index is 1.50. The number of halogens is 1. The molecule has 0 aromatic heterocycles. The Morgan fingerprint density at radius 1 is 2.00 bits per heavy atom. The van der Waals surface area contributed by atoms with Crippen LogP contribution in [0.3, 0.4) is 0 Å². The molecule has 0 atom stereocenters. The zero-order chi connectivity index (χ0) is 3.41.